The Hall–Kier alpha value is -6.59. The summed E-state index contributed by atoms with van der Waals surface area (Å²) in [5, 5.41) is 9.13. The van der Waals surface area contributed by atoms with Crippen molar-refractivity contribution in [1.82, 2.24) is 49.0 Å². The third kappa shape index (κ3) is 11.9. The number of hydrogen-bond donors (Lipinski definition) is 2. The molecule has 0 aliphatic carbocycles. The van der Waals surface area contributed by atoms with Crippen LogP contribution in [0.5, 0.6) is 0 Å². The fourth-order valence-electron chi connectivity index (χ4n) is 10.4. The van der Waals surface area contributed by atoms with Crippen molar-refractivity contribution >= 4 is 78.6 Å². The molecule has 438 valence electrons. The van der Waals surface area contributed by atoms with Crippen molar-refractivity contribution in [2.24, 2.45) is 0 Å². The number of carbonyl (C=O) groups excluding carboxylic acids is 1. The summed E-state index contributed by atoms with van der Waals surface area (Å²) in [6, 6.07) is 24.6. The Morgan fingerprint density at radius 1 is 0.750 bits per heavy atom. The zero-order valence-corrected chi connectivity index (χ0v) is 47.6. The van der Waals surface area contributed by atoms with Gasteiger partial charge in [0.05, 0.1) is 95.7 Å². The van der Waals surface area contributed by atoms with E-state index in [-0.39, 0.29) is 52.1 Å². The number of aromatic nitrogens is 10. The fourth-order valence-corrected chi connectivity index (χ4v) is 14.8. The van der Waals surface area contributed by atoms with Crippen LogP contribution in [0.25, 0.3) is 44.8 Å². The number of hydrogen-bond acceptors (Lipinski definition) is 22. The van der Waals surface area contributed by atoms with E-state index in [0.29, 0.717) is 63.8 Å². The van der Waals surface area contributed by atoms with Crippen molar-refractivity contribution < 1.29 is 64.5 Å². The summed E-state index contributed by atoms with van der Waals surface area (Å²) in [7, 11) is 1.37. The Labute approximate surface area is 484 Å². The van der Waals surface area contributed by atoms with Crippen LogP contribution < -0.4 is 16.4 Å². The van der Waals surface area contributed by atoms with E-state index in [0.717, 1.165) is 45.0 Å². The second-order valence-electron chi connectivity index (χ2n) is 19.9. The Morgan fingerprint density at radius 3 is 2.14 bits per heavy atom. The van der Waals surface area contributed by atoms with Crippen molar-refractivity contribution in [2.45, 2.75) is 88.0 Å². The number of carbonyl (C=O) groups is 1. The number of anilines is 3. The zero-order chi connectivity index (χ0) is 58.1. The molecule has 3 aromatic carbocycles. The van der Waals surface area contributed by atoms with E-state index in [1.54, 1.807) is 12.1 Å². The first kappa shape index (κ1) is 57.8. The van der Waals surface area contributed by atoms with Crippen molar-refractivity contribution in [1.29, 1.82) is 0 Å². The molecule has 0 spiro atoms. The molecule has 0 bridgehead atoms. The van der Waals surface area contributed by atoms with Gasteiger partial charge in [0.1, 0.15) is 47.5 Å². The lowest BCUT2D eigenvalue weighted by Gasteiger charge is -2.30. The topological polar surface area (TPSA) is 295 Å². The molecule has 3 saturated heterocycles. The maximum Gasteiger partial charge on any atom is 0.389 e. The lowest BCUT2D eigenvalue weighted by Crippen LogP contribution is -2.37. The number of imidazole rings is 2. The second kappa shape index (κ2) is 24.8. The van der Waals surface area contributed by atoms with Gasteiger partial charge in [0, 0.05) is 29.5 Å². The minimum atomic E-state index is -4.69. The van der Waals surface area contributed by atoms with Crippen LogP contribution in [0.15, 0.2) is 104 Å². The predicted molar refractivity (Wildman–Crippen MR) is 303 cm³/mol. The monoisotopic (exact) mass is 1210 g/mol. The quantitative estimate of drug-likeness (QED) is 0.0507. The van der Waals surface area contributed by atoms with E-state index in [1.165, 1.54) is 40.4 Å². The number of para-hydroxylation sites is 1. The van der Waals surface area contributed by atoms with Gasteiger partial charge < -0.3 is 49.1 Å². The smallest absolute Gasteiger partial charge is 0.389 e. The second-order valence-corrected chi connectivity index (χ2v) is 25.5. The summed E-state index contributed by atoms with van der Waals surface area (Å²) in [6.07, 6.45) is -8.02. The van der Waals surface area contributed by atoms with Gasteiger partial charge in [-0.2, -0.15) is 0 Å². The summed E-state index contributed by atoms with van der Waals surface area (Å²) in [4.78, 5) is 35.9. The first-order valence-electron chi connectivity index (χ1n) is 26.9. The lowest BCUT2D eigenvalue weighted by atomic mass is 9.95. The standard InChI is InChI=1S/C53H56BF2N13O12P2S/c1-2-40(70)66-23-33-7-3-4-8-34(33)46-43(35-9-5-6-10-37(35)66)64-65-69(46)17-18-73-19-20-74-21-22-75-24-31-11-13-32(14-12-31)27-84-83(72)77-26-39-47(41(55)52(79-39)68-30-63-45-49(58)60-28-61-51(45)68)80-82(54,71)76-25-38-48(81-83)42(56)53(78-38)67-29-62-44-36(57)15-16-59-50(44)67/h3-16,28-30,38-39,41-42,47-48,52-53H,2,17-27H2,1H3,(H2,57,59)(H2,58,60,61)/t38-,39-,41-,42-,47-,48-,52-,53-,82+,83+/m1/s1. The van der Waals surface area contributed by atoms with Gasteiger partial charge in [-0.15, -0.1) is 5.10 Å². The molecule has 4 aliphatic heterocycles. The van der Waals surface area contributed by atoms with E-state index in [2.05, 4.69) is 35.2 Å². The molecule has 31 heteroatoms. The third-order valence-electron chi connectivity index (χ3n) is 14.6. The van der Waals surface area contributed by atoms with E-state index < -0.39 is 76.7 Å². The predicted octanol–water partition coefficient (Wildman–Crippen LogP) is 7.47. The summed E-state index contributed by atoms with van der Waals surface area (Å²) >= 11 is 0.745. The molecule has 2 radical (unpaired) electrons. The Bertz CT molecular complexity index is 3780. The highest BCUT2D eigenvalue weighted by atomic mass is 32.7. The molecule has 12 rings (SSSR count). The van der Waals surface area contributed by atoms with Crippen LogP contribution in [-0.4, -0.2) is 146 Å². The zero-order valence-electron chi connectivity index (χ0n) is 45.0. The highest BCUT2D eigenvalue weighted by molar-refractivity contribution is 8.54. The van der Waals surface area contributed by atoms with Gasteiger partial charge in [-0.3, -0.25) is 27.5 Å². The van der Waals surface area contributed by atoms with E-state index >= 15 is 13.3 Å². The molecule has 8 aromatic rings. The molecular weight excluding hydrogens is 1150 g/mol. The average Bonchev–Trinajstić information content (AvgIpc) is 2.03. The van der Waals surface area contributed by atoms with Crippen LogP contribution in [0.2, 0.25) is 0 Å². The van der Waals surface area contributed by atoms with Gasteiger partial charge in [-0.1, -0.05) is 78.9 Å². The van der Waals surface area contributed by atoms with Crippen LogP contribution in [0, 0.1) is 0 Å². The van der Waals surface area contributed by atoms with Crippen molar-refractivity contribution in [2.75, 3.05) is 62.6 Å². The number of ether oxygens (including phenoxy) is 5. The van der Waals surface area contributed by atoms with Crippen molar-refractivity contribution in [3.63, 3.8) is 0 Å². The Morgan fingerprint density at radius 2 is 1.39 bits per heavy atom. The minimum absolute atomic E-state index is 0.0230. The molecule has 84 heavy (non-hydrogen) atoms. The van der Waals surface area contributed by atoms with Crippen LogP contribution in [0.4, 0.5) is 26.0 Å². The van der Waals surface area contributed by atoms with Crippen LogP contribution in [0.1, 0.15) is 42.5 Å². The Balaban J connectivity index is 0.656. The number of pyridine rings is 1. The largest absolute Gasteiger partial charge is 0.397 e. The summed E-state index contributed by atoms with van der Waals surface area (Å²) in [5.41, 5.74) is 19.8. The summed E-state index contributed by atoms with van der Waals surface area (Å²) < 4.78 is 120. The first-order valence-corrected chi connectivity index (χ1v) is 31.6. The Kier molecular flexibility index (Phi) is 17.1. The van der Waals surface area contributed by atoms with E-state index in [4.69, 9.17) is 60.8 Å². The molecule has 25 nitrogen and oxygen atoms in total. The molecule has 9 heterocycles. The van der Waals surface area contributed by atoms with Crippen LogP contribution in [0.3, 0.4) is 0 Å². The van der Waals surface area contributed by atoms with Crippen LogP contribution in [-0.2, 0) is 81.2 Å². The molecule has 5 aromatic heterocycles. The van der Waals surface area contributed by atoms with Gasteiger partial charge in [0.25, 0.3) is 7.47 Å². The van der Waals surface area contributed by atoms with E-state index in [1.807, 2.05) is 77.2 Å². The maximum atomic E-state index is 17.0. The molecule has 0 unspecified atom stereocenters. The van der Waals surface area contributed by atoms with Crippen molar-refractivity contribution in [3.05, 3.63) is 121 Å². The number of halogens is 2. The SMILES string of the molecule is [B][P@]1(=O)OC[C@H]2O[C@@H](n3cnc4c(N)ccnc43)[C@H](F)[C@@H]2O[P@@](=O)(SCc2ccc(COCCOCCOCCn3nnc4c3-c3ccccc3CN(C(=O)CC)c3ccccc3-4)cc2)OC[C@H]2O[C@@H](n3cnc4c(N)ncnc43)[C@H](F)[C@@H]2O1. The molecule has 0 saturated carbocycles. The normalized spacial score (nSPS) is 26.1. The van der Waals surface area contributed by atoms with Crippen molar-refractivity contribution in [3.8, 4) is 22.5 Å². The molecule has 4 aliphatic rings. The molecule has 1 amide bonds. The molecule has 4 N–H and O–H groups in total. The van der Waals surface area contributed by atoms with Crippen LogP contribution >= 0.6 is 25.7 Å². The summed E-state index contributed by atoms with van der Waals surface area (Å²) in [5.74, 6) is 0.0842. The highest BCUT2D eigenvalue weighted by Gasteiger charge is 2.55. The van der Waals surface area contributed by atoms with Gasteiger partial charge >= 0.3 is 6.80 Å². The number of nitrogens with two attached hydrogens (primary N) is 2. The number of benzene rings is 3. The summed E-state index contributed by atoms with van der Waals surface area (Å²) in [6.45, 7) is -1.24. The number of amides is 1. The van der Waals surface area contributed by atoms with Gasteiger partial charge in [0.2, 0.25) is 13.5 Å². The fraction of sp³-hybridized carbons (Fsp3) is 0.396. The van der Waals surface area contributed by atoms with Gasteiger partial charge in [-0.25, -0.2) is 42.9 Å². The van der Waals surface area contributed by atoms with Gasteiger partial charge in [-0.05, 0) is 40.2 Å². The highest BCUT2D eigenvalue weighted by Crippen LogP contribution is 2.65. The molecule has 10 atom stereocenters. The average molecular weight is 1210 g/mol. The minimum Gasteiger partial charge on any atom is -0.397 e. The first-order chi connectivity index (χ1) is 40.8. The maximum absolute atomic E-state index is 17.0. The number of fused-ring (bicyclic) bond motifs is 9. The molecule has 3 fully saturated rings. The lowest BCUT2D eigenvalue weighted by molar-refractivity contribution is -0.118. The number of nitrogens with zero attached hydrogens (tertiary/aromatic N) is 11. The molecular formula is C53H56BF2N13O12P2S. The number of alkyl halides is 2. The van der Waals surface area contributed by atoms with E-state index in [9.17, 15) is 9.36 Å². The number of nitrogen functional groups attached to an aromatic ring is 2. The third-order valence-corrected chi connectivity index (χ3v) is 19.3. The number of rotatable bonds is 17. The van der Waals surface area contributed by atoms with Gasteiger partial charge in [0.15, 0.2) is 41.9 Å².